The van der Waals surface area contributed by atoms with Crippen molar-refractivity contribution in [3.05, 3.63) is 0 Å². The van der Waals surface area contributed by atoms with E-state index in [4.69, 9.17) is 4.74 Å². The normalized spacial score (nSPS) is 27.7. The summed E-state index contributed by atoms with van der Waals surface area (Å²) < 4.78 is 9.89. The van der Waals surface area contributed by atoms with Crippen LogP contribution in [0.3, 0.4) is 0 Å². The molecular weight excluding hydrogens is 262 g/mol. The van der Waals surface area contributed by atoms with Crippen molar-refractivity contribution in [3.63, 3.8) is 0 Å². The molecule has 4 nitrogen and oxygen atoms in total. The van der Waals surface area contributed by atoms with Gasteiger partial charge in [-0.3, -0.25) is 4.79 Å². The topological polar surface area (TPSA) is 47.6 Å². The summed E-state index contributed by atoms with van der Waals surface area (Å²) in [4.78, 5) is 10.8. The van der Waals surface area contributed by atoms with Crippen LogP contribution in [0.5, 0.6) is 0 Å². The molecule has 0 heterocycles. The van der Waals surface area contributed by atoms with Gasteiger partial charge in [0.25, 0.3) is 0 Å². The first-order valence-corrected chi connectivity index (χ1v) is 6.07. The van der Waals surface area contributed by atoms with Crippen molar-refractivity contribution in [2.45, 2.75) is 36.2 Å². The molecule has 0 bridgehead atoms. The number of rotatable bonds is 5. The van der Waals surface area contributed by atoms with Crippen LogP contribution in [-0.2, 0) is 14.3 Å². The highest BCUT2D eigenvalue weighted by Crippen LogP contribution is 2.21. The predicted molar refractivity (Wildman–Crippen MR) is 61.2 cm³/mol. The number of hydrogen-bond acceptors (Lipinski definition) is 4. The summed E-state index contributed by atoms with van der Waals surface area (Å²) in [6, 6.07) is 0.458. The molecule has 0 saturated heterocycles. The molecule has 15 heavy (non-hydrogen) atoms. The SMILES string of the molecule is COC(=O)C(Br)CNC1CCC(OC)C1. The lowest BCUT2D eigenvalue weighted by Gasteiger charge is -2.14. The Morgan fingerprint density at radius 1 is 1.53 bits per heavy atom. The molecule has 0 aromatic heterocycles. The van der Waals surface area contributed by atoms with E-state index in [-0.39, 0.29) is 10.8 Å². The van der Waals surface area contributed by atoms with Crippen LogP contribution in [-0.4, -0.2) is 43.7 Å². The quantitative estimate of drug-likeness (QED) is 0.604. The summed E-state index contributed by atoms with van der Waals surface area (Å²) in [5.41, 5.74) is 0. The van der Waals surface area contributed by atoms with E-state index in [1.807, 2.05) is 0 Å². The zero-order valence-corrected chi connectivity index (χ0v) is 10.7. The van der Waals surface area contributed by atoms with E-state index in [1.54, 1.807) is 7.11 Å². The number of methoxy groups -OCH3 is 2. The van der Waals surface area contributed by atoms with Crippen molar-refractivity contribution < 1.29 is 14.3 Å². The Morgan fingerprint density at radius 2 is 2.27 bits per heavy atom. The van der Waals surface area contributed by atoms with Crippen molar-refractivity contribution in [1.82, 2.24) is 5.32 Å². The standard InChI is InChI=1S/C10H18BrNO3/c1-14-8-4-3-7(5-8)12-6-9(11)10(13)15-2/h7-9,12H,3-6H2,1-2H3. The van der Waals surface area contributed by atoms with E-state index < -0.39 is 0 Å². The molecule has 5 heteroatoms. The van der Waals surface area contributed by atoms with Crippen molar-refractivity contribution in [2.75, 3.05) is 20.8 Å². The molecular formula is C10H18BrNO3. The van der Waals surface area contributed by atoms with Gasteiger partial charge in [0.1, 0.15) is 4.83 Å². The minimum atomic E-state index is -0.260. The largest absolute Gasteiger partial charge is 0.468 e. The molecule has 0 amide bonds. The summed E-state index contributed by atoms with van der Waals surface area (Å²) >= 11 is 3.27. The van der Waals surface area contributed by atoms with Gasteiger partial charge >= 0.3 is 5.97 Å². The van der Waals surface area contributed by atoms with Crippen LogP contribution in [0.4, 0.5) is 0 Å². The van der Waals surface area contributed by atoms with Gasteiger partial charge in [-0.05, 0) is 19.3 Å². The van der Waals surface area contributed by atoms with Crippen LogP contribution >= 0.6 is 15.9 Å². The Kier molecular flexibility index (Phi) is 5.56. The molecule has 0 radical (unpaired) electrons. The summed E-state index contributed by atoms with van der Waals surface area (Å²) in [5.74, 6) is -0.233. The molecule has 0 aromatic rings. The maximum absolute atomic E-state index is 11.1. The van der Waals surface area contributed by atoms with Gasteiger partial charge in [-0.2, -0.15) is 0 Å². The van der Waals surface area contributed by atoms with Gasteiger partial charge in [-0.25, -0.2) is 0 Å². The minimum absolute atomic E-state index is 0.233. The van der Waals surface area contributed by atoms with Crippen LogP contribution in [0.2, 0.25) is 0 Å². The highest BCUT2D eigenvalue weighted by atomic mass is 79.9. The Hall–Kier alpha value is -0.130. The van der Waals surface area contributed by atoms with E-state index in [0.717, 1.165) is 19.3 Å². The number of esters is 1. The lowest BCUT2D eigenvalue weighted by Crippen LogP contribution is -2.35. The fourth-order valence-electron chi connectivity index (χ4n) is 1.82. The van der Waals surface area contributed by atoms with E-state index in [2.05, 4.69) is 26.0 Å². The number of alkyl halides is 1. The average molecular weight is 280 g/mol. The maximum Gasteiger partial charge on any atom is 0.320 e. The summed E-state index contributed by atoms with van der Waals surface area (Å²) in [5, 5.41) is 3.33. The monoisotopic (exact) mass is 279 g/mol. The summed E-state index contributed by atoms with van der Waals surface area (Å²) in [7, 11) is 3.14. The second-order valence-corrected chi connectivity index (χ2v) is 4.87. The third-order valence-corrected chi connectivity index (χ3v) is 3.46. The molecule has 1 aliphatic rings. The van der Waals surface area contributed by atoms with Crippen molar-refractivity contribution in [3.8, 4) is 0 Å². The number of ether oxygens (including phenoxy) is 2. The minimum Gasteiger partial charge on any atom is -0.468 e. The zero-order chi connectivity index (χ0) is 11.3. The molecule has 3 unspecified atom stereocenters. The highest BCUT2D eigenvalue weighted by molar-refractivity contribution is 9.10. The van der Waals surface area contributed by atoms with Crippen LogP contribution in [0.15, 0.2) is 0 Å². The molecule has 1 aliphatic carbocycles. The molecule has 1 rings (SSSR count). The first-order valence-electron chi connectivity index (χ1n) is 5.15. The van der Waals surface area contributed by atoms with Crippen LogP contribution in [0.1, 0.15) is 19.3 Å². The second-order valence-electron chi connectivity index (χ2n) is 3.77. The van der Waals surface area contributed by atoms with Gasteiger partial charge in [0, 0.05) is 19.7 Å². The molecule has 1 saturated carbocycles. The van der Waals surface area contributed by atoms with E-state index in [0.29, 0.717) is 18.7 Å². The molecule has 0 aliphatic heterocycles. The van der Waals surface area contributed by atoms with Crippen LogP contribution < -0.4 is 5.32 Å². The smallest absolute Gasteiger partial charge is 0.320 e. The summed E-state index contributed by atoms with van der Waals surface area (Å²) in [6.45, 7) is 0.605. The van der Waals surface area contributed by atoms with Crippen LogP contribution in [0.25, 0.3) is 0 Å². The Morgan fingerprint density at radius 3 is 2.80 bits per heavy atom. The van der Waals surface area contributed by atoms with Crippen molar-refractivity contribution in [2.24, 2.45) is 0 Å². The van der Waals surface area contributed by atoms with Gasteiger partial charge < -0.3 is 14.8 Å². The number of carbonyl (C=O) groups is 1. The third-order valence-electron chi connectivity index (χ3n) is 2.76. The second kappa shape index (κ2) is 6.45. The zero-order valence-electron chi connectivity index (χ0n) is 9.16. The summed E-state index contributed by atoms with van der Waals surface area (Å²) in [6.07, 6.45) is 3.60. The Balaban J connectivity index is 2.18. The van der Waals surface area contributed by atoms with Gasteiger partial charge in [-0.15, -0.1) is 0 Å². The molecule has 0 aromatic carbocycles. The van der Waals surface area contributed by atoms with E-state index in [1.165, 1.54) is 7.11 Å². The van der Waals surface area contributed by atoms with Gasteiger partial charge in [-0.1, -0.05) is 15.9 Å². The molecule has 88 valence electrons. The number of halogens is 1. The highest BCUT2D eigenvalue weighted by Gasteiger charge is 2.25. The molecule has 1 N–H and O–H groups in total. The fourth-order valence-corrected chi connectivity index (χ4v) is 2.19. The first-order chi connectivity index (χ1) is 7.17. The molecule has 3 atom stereocenters. The average Bonchev–Trinajstić information content (AvgIpc) is 2.72. The lowest BCUT2D eigenvalue weighted by atomic mass is 10.2. The third kappa shape index (κ3) is 4.09. The Labute approximate surface area is 98.8 Å². The van der Waals surface area contributed by atoms with Crippen molar-refractivity contribution in [1.29, 1.82) is 0 Å². The first kappa shape index (κ1) is 12.9. The lowest BCUT2D eigenvalue weighted by molar-refractivity contribution is -0.139. The van der Waals surface area contributed by atoms with Gasteiger partial charge in [0.2, 0.25) is 0 Å². The predicted octanol–water partition coefficient (Wildman–Crippen LogP) is 1.08. The van der Waals surface area contributed by atoms with Gasteiger partial charge in [0.05, 0.1) is 13.2 Å². The van der Waals surface area contributed by atoms with Crippen LogP contribution in [0, 0.1) is 0 Å². The van der Waals surface area contributed by atoms with Crippen molar-refractivity contribution >= 4 is 21.9 Å². The number of nitrogens with one attached hydrogen (secondary N) is 1. The molecule has 0 spiro atoms. The fraction of sp³-hybridized carbons (Fsp3) is 0.900. The number of hydrogen-bond donors (Lipinski definition) is 1. The van der Waals surface area contributed by atoms with Gasteiger partial charge in [0.15, 0.2) is 0 Å². The number of carbonyl (C=O) groups excluding carboxylic acids is 1. The van der Waals surface area contributed by atoms with E-state index >= 15 is 0 Å². The maximum atomic E-state index is 11.1. The molecule has 1 fully saturated rings. The van der Waals surface area contributed by atoms with E-state index in [9.17, 15) is 4.79 Å². The Bertz CT molecular complexity index is 213.